The summed E-state index contributed by atoms with van der Waals surface area (Å²) >= 11 is 6.36. The second kappa shape index (κ2) is 10.00. The number of benzene rings is 2. The minimum Gasteiger partial charge on any atom is -0.382 e. The molecule has 0 aliphatic heterocycles. The lowest BCUT2D eigenvalue weighted by Gasteiger charge is -2.15. The number of carbonyl (C=O) groups excluding carboxylic acids is 1. The number of hydrogen-bond acceptors (Lipinski definition) is 5. The molecule has 0 aliphatic carbocycles. The zero-order valence-electron chi connectivity index (χ0n) is 16.3. The van der Waals surface area contributed by atoms with Crippen LogP contribution in [0.1, 0.15) is 24.1 Å². The van der Waals surface area contributed by atoms with E-state index in [4.69, 9.17) is 17.3 Å². The summed E-state index contributed by atoms with van der Waals surface area (Å²) in [7, 11) is 0. The first-order valence-electron chi connectivity index (χ1n) is 9.33. The van der Waals surface area contributed by atoms with Crippen LogP contribution in [0.25, 0.3) is 0 Å². The lowest BCUT2D eigenvalue weighted by atomic mass is 10.1. The summed E-state index contributed by atoms with van der Waals surface area (Å²) in [5, 5.41) is 9.20. The average molecular weight is 429 g/mol. The second-order valence-electron chi connectivity index (χ2n) is 6.69. The number of nitrogens with one attached hydrogen (secondary N) is 3. The minimum atomic E-state index is -0.465. The Morgan fingerprint density at radius 1 is 1.13 bits per heavy atom. The van der Waals surface area contributed by atoms with Crippen LogP contribution in [0.5, 0.6) is 0 Å². The lowest BCUT2D eigenvalue weighted by molar-refractivity contribution is 0.262. The van der Waals surface area contributed by atoms with Gasteiger partial charge in [-0.05, 0) is 55.3 Å². The Morgan fingerprint density at radius 2 is 1.90 bits per heavy atom. The normalized spacial score (nSPS) is 11.7. The maximum atomic E-state index is 13.0. The van der Waals surface area contributed by atoms with Crippen LogP contribution in [-0.4, -0.2) is 22.5 Å². The van der Waals surface area contributed by atoms with Gasteiger partial charge in [-0.3, -0.25) is 5.32 Å². The monoisotopic (exact) mass is 428 g/mol. The third-order valence-electron chi connectivity index (χ3n) is 4.44. The van der Waals surface area contributed by atoms with E-state index in [1.54, 1.807) is 24.3 Å². The molecular weight excluding hydrogens is 407 g/mol. The number of halogens is 2. The van der Waals surface area contributed by atoms with Crippen LogP contribution in [0.4, 0.5) is 26.5 Å². The van der Waals surface area contributed by atoms with Crippen LogP contribution in [0.2, 0.25) is 5.02 Å². The van der Waals surface area contributed by atoms with Gasteiger partial charge in [0, 0.05) is 16.8 Å². The van der Waals surface area contributed by atoms with Gasteiger partial charge in [-0.25, -0.2) is 19.2 Å². The Hall–Kier alpha value is -3.23. The first-order chi connectivity index (χ1) is 14.4. The zero-order chi connectivity index (χ0) is 21.5. The standard InChI is InChI=1S/C21H22ClFN6O/c1-13(14-2-5-16(23)6-3-14)25-9-8-15-4-7-17(10-18(15)22)28-21(30)29-20-12-26-19(24)11-27-20/h2-7,10-13,25H,8-9H2,1H3,(H2,24,26)(H2,27,28,29,30)/t13-/m1/s1. The predicted octanol–water partition coefficient (Wildman–Crippen LogP) is 4.39. The van der Waals surface area contributed by atoms with Crippen LogP contribution in [0, 0.1) is 5.82 Å². The number of hydrogen-bond donors (Lipinski definition) is 4. The third kappa shape index (κ3) is 6.13. The number of rotatable bonds is 7. The number of nitrogen functional groups attached to an aromatic ring is 1. The summed E-state index contributed by atoms with van der Waals surface area (Å²) in [6.45, 7) is 2.72. The number of anilines is 3. The fourth-order valence-electron chi connectivity index (χ4n) is 2.80. The number of amides is 2. The summed E-state index contributed by atoms with van der Waals surface area (Å²) in [6.07, 6.45) is 3.43. The van der Waals surface area contributed by atoms with Gasteiger partial charge in [-0.2, -0.15) is 0 Å². The molecule has 5 N–H and O–H groups in total. The highest BCUT2D eigenvalue weighted by molar-refractivity contribution is 6.31. The summed E-state index contributed by atoms with van der Waals surface area (Å²) in [5.41, 5.74) is 7.98. The first-order valence-corrected chi connectivity index (χ1v) is 9.71. The van der Waals surface area contributed by atoms with Crippen molar-refractivity contribution in [3.05, 3.63) is 76.8 Å². The molecule has 0 aliphatic rings. The van der Waals surface area contributed by atoms with Gasteiger partial charge >= 0.3 is 6.03 Å². The summed E-state index contributed by atoms with van der Waals surface area (Å²) in [6, 6.07) is 11.4. The predicted molar refractivity (Wildman–Crippen MR) is 117 cm³/mol. The first kappa shape index (κ1) is 21.5. The van der Waals surface area contributed by atoms with E-state index in [1.165, 1.54) is 24.5 Å². The summed E-state index contributed by atoms with van der Waals surface area (Å²) < 4.78 is 13.0. The molecule has 2 amide bonds. The SMILES string of the molecule is C[C@@H](NCCc1ccc(NC(=O)Nc2cnc(N)cn2)cc1Cl)c1ccc(F)cc1. The summed E-state index contributed by atoms with van der Waals surface area (Å²) in [5.74, 6) is 0.303. The number of aromatic nitrogens is 2. The Morgan fingerprint density at radius 3 is 2.57 bits per heavy atom. The van der Waals surface area contributed by atoms with E-state index in [0.717, 1.165) is 11.1 Å². The van der Waals surface area contributed by atoms with E-state index in [-0.39, 0.29) is 23.5 Å². The molecule has 0 unspecified atom stereocenters. The smallest absolute Gasteiger partial charge is 0.324 e. The molecule has 0 radical (unpaired) electrons. The van der Waals surface area contributed by atoms with Crippen molar-refractivity contribution in [3.8, 4) is 0 Å². The lowest BCUT2D eigenvalue weighted by Crippen LogP contribution is -2.21. The highest BCUT2D eigenvalue weighted by Gasteiger charge is 2.08. The van der Waals surface area contributed by atoms with Crippen molar-refractivity contribution in [2.24, 2.45) is 0 Å². The third-order valence-corrected chi connectivity index (χ3v) is 4.79. The van der Waals surface area contributed by atoms with Crippen LogP contribution in [0.15, 0.2) is 54.9 Å². The molecule has 156 valence electrons. The fraction of sp³-hybridized carbons (Fsp3) is 0.190. The van der Waals surface area contributed by atoms with E-state index in [0.29, 0.717) is 23.7 Å². The van der Waals surface area contributed by atoms with Crippen LogP contribution in [0.3, 0.4) is 0 Å². The molecule has 1 heterocycles. The maximum absolute atomic E-state index is 13.0. The van der Waals surface area contributed by atoms with Crippen LogP contribution in [-0.2, 0) is 6.42 Å². The molecule has 0 saturated carbocycles. The molecular formula is C21H22ClFN6O. The molecule has 1 atom stereocenters. The second-order valence-corrected chi connectivity index (χ2v) is 7.10. The minimum absolute atomic E-state index is 0.0884. The van der Waals surface area contributed by atoms with Crippen molar-refractivity contribution < 1.29 is 9.18 Å². The van der Waals surface area contributed by atoms with E-state index in [9.17, 15) is 9.18 Å². The van der Waals surface area contributed by atoms with Crippen LogP contribution >= 0.6 is 11.6 Å². The molecule has 2 aromatic carbocycles. The van der Waals surface area contributed by atoms with E-state index in [2.05, 4.69) is 25.9 Å². The van der Waals surface area contributed by atoms with Crippen LogP contribution < -0.4 is 21.7 Å². The Balaban J connectivity index is 1.50. The highest BCUT2D eigenvalue weighted by atomic mass is 35.5. The van der Waals surface area contributed by atoms with E-state index in [1.807, 2.05) is 13.0 Å². The van der Waals surface area contributed by atoms with Gasteiger partial charge in [-0.15, -0.1) is 0 Å². The molecule has 0 spiro atoms. The molecule has 9 heteroatoms. The Bertz CT molecular complexity index is 997. The number of carbonyl (C=O) groups is 1. The van der Waals surface area contributed by atoms with E-state index < -0.39 is 6.03 Å². The summed E-state index contributed by atoms with van der Waals surface area (Å²) in [4.78, 5) is 19.9. The molecule has 0 fully saturated rings. The van der Waals surface area contributed by atoms with Crippen molar-refractivity contribution in [2.45, 2.75) is 19.4 Å². The van der Waals surface area contributed by atoms with E-state index >= 15 is 0 Å². The van der Waals surface area contributed by atoms with Gasteiger partial charge in [0.15, 0.2) is 5.82 Å². The topological polar surface area (TPSA) is 105 Å². The molecule has 7 nitrogen and oxygen atoms in total. The Kier molecular flexibility index (Phi) is 7.16. The van der Waals surface area contributed by atoms with Gasteiger partial charge < -0.3 is 16.4 Å². The largest absolute Gasteiger partial charge is 0.382 e. The molecule has 3 rings (SSSR count). The quantitative estimate of drug-likeness (QED) is 0.446. The highest BCUT2D eigenvalue weighted by Crippen LogP contribution is 2.22. The van der Waals surface area contributed by atoms with Gasteiger partial charge in [-0.1, -0.05) is 29.8 Å². The van der Waals surface area contributed by atoms with Crippen molar-refractivity contribution >= 4 is 35.0 Å². The molecule has 3 aromatic rings. The van der Waals surface area contributed by atoms with Crippen molar-refractivity contribution in [1.29, 1.82) is 0 Å². The molecule has 0 bridgehead atoms. The fourth-order valence-corrected chi connectivity index (χ4v) is 3.08. The van der Waals surface area contributed by atoms with Crippen molar-refractivity contribution in [1.82, 2.24) is 15.3 Å². The maximum Gasteiger partial charge on any atom is 0.324 e. The number of nitrogens with two attached hydrogens (primary N) is 1. The van der Waals surface area contributed by atoms with Gasteiger partial charge in [0.2, 0.25) is 0 Å². The van der Waals surface area contributed by atoms with Gasteiger partial charge in [0.25, 0.3) is 0 Å². The number of nitrogens with zero attached hydrogens (tertiary/aromatic N) is 2. The zero-order valence-corrected chi connectivity index (χ0v) is 17.1. The Labute approximate surface area is 178 Å². The van der Waals surface area contributed by atoms with Gasteiger partial charge in [0.05, 0.1) is 12.4 Å². The van der Waals surface area contributed by atoms with Crippen molar-refractivity contribution in [2.75, 3.05) is 22.9 Å². The van der Waals surface area contributed by atoms with Crippen molar-refractivity contribution in [3.63, 3.8) is 0 Å². The van der Waals surface area contributed by atoms with Gasteiger partial charge in [0.1, 0.15) is 11.6 Å². The molecule has 0 saturated heterocycles. The average Bonchev–Trinajstić information content (AvgIpc) is 2.71. The molecule has 1 aromatic heterocycles. The number of urea groups is 1. The molecule has 30 heavy (non-hydrogen) atoms.